The molecule has 3 N–H and O–H groups in total. The molecule has 1 aliphatic heterocycles. The van der Waals surface area contributed by atoms with Crippen molar-refractivity contribution in [3.05, 3.63) is 23.3 Å². The summed E-state index contributed by atoms with van der Waals surface area (Å²) in [6.45, 7) is 10.5. The number of β-amino-alcohol motifs (C(OH)–C–C–N with tert-alkyl or cyclic N) is 2. The summed E-state index contributed by atoms with van der Waals surface area (Å²) in [6, 6.07) is 0. The van der Waals surface area contributed by atoms with Crippen LogP contribution in [0.5, 0.6) is 0 Å². The molecule has 5 rings (SSSR count). The van der Waals surface area contributed by atoms with Gasteiger partial charge in [0.05, 0.1) is 18.3 Å². The largest absolute Gasteiger partial charge is 0.395 e. The van der Waals surface area contributed by atoms with E-state index in [1.54, 1.807) is 5.57 Å². The molecule has 5 aliphatic rings. The molecule has 0 aromatic carbocycles. The van der Waals surface area contributed by atoms with Crippen LogP contribution in [0.25, 0.3) is 0 Å². The number of fused-ring (bicyclic) bond motifs is 5. The van der Waals surface area contributed by atoms with E-state index in [-0.39, 0.29) is 23.5 Å². The van der Waals surface area contributed by atoms with Crippen LogP contribution in [0.15, 0.2) is 23.3 Å². The second-order valence-electron chi connectivity index (χ2n) is 11.6. The van der Waals surface area contributed by atoms with Crippen molar-refractivity contribution in [2.45, 2.75) is 70.5 Å². The number of rotatable bonds is 4. The van der Waals surface area contributed by atoms with Crippen molar-refractivity contribution in [3.63, 3.8) is 0 Å². The first-order valence-corrected chi connectivity index (χ1v) is 12.7. The predicted octanol–water partition coefficient (Wildman–Crippen LogP) is 2.57. The van der Waals surface area contributed by atoms with Crippen LogP contribution in [0.4, 0.5) is 0 Å². The molecule has 5 nitrogen and oxygen atoms in total. The Balaban J connectivity index is 1.34. The molecule has 1 saturated heterocycles. The lowest BCUT2D eigenvalue weighted by Crippen LogP contribution is -2.58. The summed E-state index contributed by atoms with van der Waals surface area (Å²) >= 11 is 0. The average Bonchev–Trinajstić information content (AvgIpc) is 3.01. The van der Waals surface area contributed by atoms with Gasteiger partial charge in [0.1, 0.15) is 0 Å². The maximum absolute atomic E-state index is 12.0. The Morgan fingerprint density at radius 1 is 0.935 bits per heavy atom. The topological polar surface area (TPSA) is 67.2 Å². The van der Waals surface area contributed by atoms with Crippen LogP contribution < -0.4 is 0 Å². The van der Waals surface area contributed by atoms with E-state index in [2.05, 4.69) is 35.8 Å². The van der Waals surface area contributed by atoms with Crippen LogP contribution >= 0.6 is 0 Å². The standard InChI is InChI=1S/C26H42N2O3/c1-24-8-5-20(30)17-19(24)3-4-21-22(24)6-9-25(2)23(21)7-10-26(25,31)18-28-13-11-27(12-14-28)15-16-29/h3-4,20,22-23,29-31H,5-18H2,1-2H3/t20-,22-,23-,24-,25-,26+/m0/s1. The smallest absolute Gasteiger partial charge is 0.0833 e. The van der Waals surface area contributed by atoms with Crippen LogP contribution in [-0.4, -0.2) is 82.7 Å². The molecule has 174 valence electrons. The van der Waals surface area contributed by atoms with Gasteiger partial charge in [0.2, 0.25) is 0 Å². The van der Waals surface area contributed by atoms with Crippen LogP contribution in [0.1, 0.15) is 58.8 Å². The van der Waals surface area contributed by atoms with E-state index < -0.39 is 5.60 Å². The lowest BCUT2D eigenvalue weighted by molar-refractivity contribution is -0.106. The highest BCUT2D eigenvalue weighted by atomic mass is 16.3. The van der Waals surface area contributed by atoms with Crippen LogP contribution in [0, 0.1) is 22.7 Å². The maximum atomic E-state index is 12.0. The van der Waals surface area contributed by atoms with Crippen LogP contribution in [0.2, 0.25) is 0 Å². The van der Waals surface area contributed by atoms with Crippen molar-refractivity contribution in [1.29, 1.82) is 0 Å². The molecule has 3 saturated carbocycles. The van der Waals surface area contributed by atoms with Crippen LogP contribution in [0.3, 0.4) is 0 Å². The first-order valence-electron chi connectivity index (χ1n) is 12.7. The van der Waals surface area contributed by atoms with Gasteiger partial charge in [-0.3, -0.25) is 9.80 Å². The Labute approximate surface area is 187 Å². The third-order valence-electron chi connectivity index (χ3n) is 10.2. The van der Waals surface area contributed by atoms with Crippen molar-refractivity contribution in [3.8, 4) is 0 Å². The van der Waals surface area contributed by atoms with Gasteiger partial charge >= 0.3 is 0 Å². The summed E-state index contributed by atoms with van der Waals surface area (Å²) in [5.41, 5.74) is 2.59. The second-order valence-corrected chi connectivity index (χ2v) is 11.6. The molecule has 0 aromatic heterocycles. The fourth-order valence-electron chi connectivity index (χ4n) is 8.04. The molecule has 0 bridgehead atoms. The SMILES string of the molecule is C[C@]12CC[C@H](O)CC1=CC=C1[C@@H]2CC[C@@]2(C)[C@H]1CC[C@@]2(O)CN1CCN(CCO)CC1. The number of hydrogen-bond acceptors (Lipinski definition) is 5. The van der Waals surface area contributed by atoms with Crippen molar-refractivity contribution >= 4 is 0 Å². The highest BCUT2D eigenvalue weighted by molar-refractivity contribution is 5.39. The molecule has 6 atom stereocenters. The highest BCUT2D eigenvalue weighted by Gasteiger charge is 2.62. The molecule has 1 heterocycles. The molecule has 31 heavy (non-hydrogen) atoms. The van der Waals surface area contributed by atoms with Gasteiger partial charge in [-0.25, -0.2) is 0 Å². The summed E-state index contributed by atoms with van der Waals surface area (Å²) in [5, 5.41) is 31.4. The Hall–Kier alpha value is -0.720. The molecule has 0 amide bonds. The van der Waals surface area contributed by atoms with Crippen molar-refractivity contribution in [1.82, 2.24) is 9.80 Å². The number of nitrogens with zero attached hydrogens (tertiary/aromatic N) is 2. The molecule has 0 aromatic rings. The quantitative estimate of drug-likeness (QED) is 0.640. The average molecular weight is 431 g/mol. The van der Waals surface area contributed by atoms with E-state index in [1.807, 2.05) is 0 Å². The fraction of sp³-hybridized carbons (Fsp3) is 0.846. The number of allylic oxidation sites excluding steroid dienone is 3. The lowest BCUT2D eigenvalue weighted by atomic mass is 9.50. The Morgan fingerprint density at radius 3 is 2.39 bits per heavy atom. The number of piperazine rings is 1. The fourth-order valence-corrected chi connectivity index (χ4v) is 8.04. The van der Waals surface area contributed by atoms with E-state index in [9.17, 15) is 15.3 Å². The van der Waals surface area contributed by atoms with E-state index in [0.29, 0.717) is 11.8 Å². The van der Waals surface area contributed by atoms with Crippen LogP contribution in [-0.2, 0) is 0 Å². The summed E-state index contributed by atoms with van der Waals surface area (Å²) in [6.07, 6.45) is 11.7. The zero-order valence-corrected chi connectivity index (χ0v) is 19.5. The van der Waals surface area contributed by atoms with Gasteiger partial charge in [-0.15, -0.1) is 0 Å². The third-order valence-corrected chi connectivity index (χ3v) is 10.2. The monoisotopic (exact) mass is 430 g/mol. The Kier molecular flexibility index (Phi) is 5.66. The first-order chi connectivity index (χ1) is 14.8. The minimum absolute atomic E-state index is 0.0482. The number of hydrogen-bond donors (Lipinski definition) is 3. The number of aliphatic hydroxyl groups is 3. The van der Waals surface area contributed by atoms with E-state index in [1.165, 1.54) is 5.57 Å². The normalized spacial score (nSPS) is 46.0. The van der Waals surface area contributed by atoms with Crippen molar-refractivity contribution < 1.29 is 15.3 Å². The van der Waals surface area contributed by atoms with Gasteiger partial charge in [0.15, 0.2) is 0 Å². The highest BCUT2D eigenvalue weighted by Crippen LogP contribution is 2.65. The molecule has 0 unspecified atom stereocenters. The zero-order chi connectivity index (χ0) is 21.9. The Morgan fingerprint density at radius 2 is 1.65 bits per heavy atom. The minimum Gasteiger partial charge on any atom is -0.395 e. The van der Waals surface area contributed by atoms with Gasteiger partial charge in [0.25, 0.3) is 0 Å². The van der Waals surface area contributed by atoms with Gasteiger partial charge in [-0.2, -0.15) is 0 Å². The van der Waals surface area contributed by atoms with E-state index in [0.717, 1.165) is 84.2 Å². The van der Waals surface area contributed by atoms with Gasteiger partial charge < -0.3 is 15.3 Å². The third kappa shape index (κ3) is 3.47. The summed E-state index contributed by atoms with van der Waals surface area (Å²) < 4.78 is 0. The second kappa shape index (κ2) is 7.95. The van der Waals surface area contributed by atoms with Crippen molar-refractivity contribution in [2.75, 3.05) is 45.9 Å². The summed E-state index contributed by atoms with van der Waals surface area (Å²) in [7, 11) is 0. The maximum Gasteiger partial charge on any atom is 0.0833 e. The zero-order valence-electron chi connectivity index (χ0n) is 19.5. The molecular weight excluding hydrogens is 388 g/mol. The molecule has 0 spiro atoms. The minimum atomic E-state index is -0.615. The molecular formula is C26H42N2O3. The predicted molar refractivity (Wildman–Crippen MR) is 123 cm³/mol. The Bertz CT molecular complexity index is 758. The molecule has 0 radical (unpaired) electrons. The van der Waals surface area contributed by atoms with Gasteiger partial charge in [-0.05, 0) is 62.2 Å². The molecule has 5 heteroatoms. The van der Waals surface area contributed by atoms with Gasteiger partial charge in [0, 0.05) is 44.7 Å². The van der Waals surface area contributed by atoms with E-state index >= 15 is 0 Å². The molecule has 4 fully saturated rings. The number of aliphatic hydroxyl groups excluding tert-OH is 2. The first kappa shape index (κ1) is 22.1. The summed E-state index contributed by atoms with van der Waals surface area (Å²) in [5.74, 6) is 1.07. The molecule has 4 aliphatic carbocycles. The van der Waals surface area contributed by atoms with E-state index in [4.69, 9.17) is 0 Å². The van der Waals surface area contributed by atoms with Crippen molar-refractivity contribution in [2.24, 2.45) is 22.7 Å². The van der Waals surface area contributed by atoms with Gasteiger partial charge in [-0.1, -0.05) is 37.1 Å². The lowest BCUT2D eigenvalue weighted by Gasteiger charge is -2.56. The summed E-state index contributed by atoms with van der Waals surface area (Å²) in [4.78, 5) is 4.79.